The van der Waals surface area contributed by atoms with E-state index >= 15 is 0 Å². The van der Waals surface area contributed by atoms with Crippen LogP contribution in [0.15, 0.2) is 84.0 Å². The number of rotatable bonds is 8. The number of hydrogen-bond donors (Lipinski definition) is 0. The average molecular weight is 471 g/mol. The molecule has 0 bridgehead atoms. The van der Waals surface area contributed by atoms with Crippen LogP contribution in [0.25, 0.3) is 23.1 Å². The summed E-state index contributed by atoms with van der Waals surface area (Å²) in [6, 6.07) is 26.2. The van der Waals surface area contributed by atoms with Crippen molar-refractivity contribution in [1.29, 1.82) is 0 Å². The van der Waals surface area contributed by atoms with Crippen LogP contribution in [0, 0.1) is 4.91 Å². The van der Waals surface area contributed by atoms with E-state index in [0.29, 0.717) is 5.02 Å². The Morgan fingerprint density at radius 3 is 2.53 bits per heavy atom. The van der Waals surface area contributed by atoms with Gasteiger partial charge in [0, 0.05) is 10.4 Å². The van der Waals surface area contributed by atoms with Crippen molar-refractivity contribution in [2.24, 2.45) is 5.18 Å². The Morgan fingerprint density at radius 1 is 0.912 bits per heavy atom. The van der Waals surface area contributed by atoms with Gasteiger partial charge in [-0.25, -0.2) is 4.98 Å². The predicted octanol–water partition coefficient (Wildman–Crippen LogP) is 9.09. The molecule has 1 heterocycles. The molecule has 4 rings (SSSR count). The molecule has 0 saturated heterocycles. The molecular formula is C30H31ClN2O. The smallest absolute Gasteiger partial charge is 0.114 e. The highest BCUT2D eigenvalue weighted by molar-refractivity contribution is 6.31. The first-order chi connectivity index (χ1) is 16.6. The van der Waals surface area contributed by atoms with Crippen molar-refractivity contribution in [2.45, 2.75) is 46.1 Å². The Labute approximate surface area is 207 Å². The summed E-state index contributed by atoms with van der Waals surface area (Å²) in [7, 11) is 0. The van der Waals surface area contributed by atoms with Crippen LogP contribution in [0.4, 0.5) is 0 Å². The highest BCUT2D eigenvalue weighted by Gasteiger charge is 2.09. The lowest BCUT2D eigenvalue weighted by molar-refractivity contribution is 0.762. The van der Waals surface area contributed by atoms with Gasteiger partial charge in [-0.3, -0.25) is 0 Å². The SMILES string of the molecule is CC.CC(N=O)c1ccccc1CCCc1cccc(/C=C/c2ccc3ccc(Cl)cc3n2)c1. The van der Waals surface area contributed by atoms with Crippen LogP contribution in [0.5, 0.6) is 0 Å². The van der Waals surface area contributed by atoms with Gasteiger partial charge in [-0.05, 0) is 72.7 Å². The molecule has 0 saturated carbocycles. The van der Waals surface area contributed by atoms with Gasteiger partial charge in [-0.15, -0.1) is 0 Å². The van der Waals surface area contributed by atoms with Gasteiger partial charge >= 0.3 is 0 Å². The Hall–Kier alpha value is -3.30. The van der Waals surface area contributed by atoms with Crippen LogP contribution in [-0.2, 0) is 12.8 Å². The van der Waals surface area contributed by atoms with Crippen LogP contribution in [0.3, 0.4) is 0 Å². The summed E-state index contributed by atoms with van der Waals surface area (Å²) >= 11 is 6.10. The third-order valence-electron chi connectivity index (χ3n) is 5.65. The molecule has 3 nitrogen and oxygen atoms in total. The Morgan fingerprint density at radius 2 is 1.71 bits per heavy atom. The number of aromatic nitrogens is 1. The molecule has 0 aliphatic carbocycles. The second-order valence-electron chi connectivity index (χ2n) is 7.99. The Bertz CT molecular complexity index is 1270. The summed E-state index contributed by atoms with van der Waals surface area (Å²) in [4.78, 5) is 15.7. The minimum atomic E-state index is -0.306. The number of nitroso groups, excluding NO2 is 1. The maximum atomic E-state index is 11.0. The van der Waals surface area contributed by atoms with Gasteiger partial charge in [0.05, 0.1) is 11.2 Å². The van der Waals surface area contributed by atoms with E-state index in [2.05, 4.69) is 52.6 Å². The molecule has 0 aliphatic rings. The lowest BCUT2D eigenvalue weighted by Crippen LogP contribution is -1.98. The Kier molecular flexibility index (Phi) is 9.54. The molecule has 34 heavy (non-hydrogen) atoms. The first kappa shape index (κ1) is 25.3. The second-order valence-corrected chi connectivity index (χ2v) is 8.42. The normalized spacial score (nSPS) is 11.8. The van der Waals surface area contributed by atoms with E-state index < -0.39 is 0 Å². The van der Waals surface area contributed by atoms with E-state index in [-0.39, 0.29) is 6.04 Å². The van der Waals surface area contributed by atoms with E-state index in [1.807, 2.05) is 69.3 Å². The van der Waals surface area contributed by atoms with Gasteiger partial charge in [0.2, 0.25) is 0 Å². The molecule has 0 spiro atoms. The van der Waals surface area contributed by atoms with Gasteiger partial charge in [0.25, 0.3) is 0 Å². The largest absolute Gasteiger partial charge is 0.248 e. The van der Waals surface area contributed by atoms with Gasteiger partial charge in [0.15, 0.2) is 0 Å². The molecule has 4 heteroatoms. The van der Waals surface area contributed by atoms with Crippen molar-refractivity contribution in [3.8, 4) is 0 Å². The lowest BCUT2D eigenvalue weighted by Gasteiger charge is -2.11. The summed E-state index contributed by atoms with van der Waals surface area (Å²) in [5.41, 5.74) is 6.48. The fraction of sp³-hybridized carbons (Fsp3) is 0.233. The fourth-order valence-electron chi connectivity index (χ4n) is 3.94. The average Bonchev–Trinajstić information content (AvgIpc) is 2.88. The molecule has 3 aromatic carbocycles. The van der Waals surface area contributed by atoms with Crippen molar-refractivity contribution >= 4 is 34.7 Å². The van der Waals surface area contributed by atoms with Crippen molar-refractivity contribution in [3.05, 3.63) is 117 Å². The lowest BCUT2D eigenvalue weighted by atomic mass is 9.96. The summed E-state index contributed by atoms with van der Waals surface area (Å²) in [5, 5.41) is 4.96. The van der Waals surface area contributed by atoms with Gasteiger partial charge in [0.1, 0.15) is 6.04 Å². The number of halogens is 1. The van der Waals surface area contributed by atoms with E-state index in [1.165, 1.54) is 11.1 Å². The zero-order valence-corrected chi connectivity index (χ0v) is 20.8. The van der Waals surface area contributed by atoms with Crippen LogP contribution >= 0.6 is 11.6 Å². The topological polar surface area (TPSA) is 42.3 Å². The van der Waals surface area contributed by atoms with E-state index in [0.717, 1.165) is 47.0 Å². The zero-order chi connectivity index (χ0) is 24.3. The molecule has 1 aromatic heterocycles. The van der Waals surface area contributed by atoms with Crippen LogP contribution in [0.2, 0.25) is 5.02 Å². The fourth-order valence-corrected chi connectivity index (χ4v) is 4.11. The van der Waals surface area contributed by atoms with Gasteiger partial charge < -0.3 is 0 Å². The minimum absolute atomic E-state index is 0.306. The number of nitrogens with zero attached hydrogens (tertiary/aromatic N) is 2. The monoisotopic (exact) mass is 470 g/mol. The first-order valence-corrected chi connectivity index (χ1v) is 12.2. The van der Waals surface area contributed by atoms with E-state index in [1.54, 1.807) is 0 Å². The highest BCUT2D eigenvalue weighted by Crippen LogP contribution is 2.23. The van der Waals surface area contributed by atoms with E-state index in [4.69, 9.17) is 11.6 Å². The maximum absolute atomic E-state index is 11.0. The third-order valence-corrected chi connectivity index (χ3v) is 5.88. The molecule has 174 valence electrons. The molecule has 0 N–H and O–H groups in total. The van der Waals surface area contributed by atoms with Crippen LogP contribution in [0.1, 0.15) is 61.2 Å². The summed E-state index contributed by atoms with van der Waals surface area (Å²) < 4.78 is 0. The molecule has 0 amide bonds. The third kappa shape index (κ3) is 6.85. The molecule has 4 aromatic rings. The summed E-state index contributed by atoms with van der Waals surface area (Å²) in [5.74, 6) is 0. The molecule has 0 aliphatic heterocycles. The number of benzene rings is 3. The Balaban J connectivity index is 0.00000158. The van der Waals surface area contributed by atoms with Crippen LogP contribution in [-0.4, -0.2) is 4.98 Å². The summed E-state index contributed by atoms with van der Waals surface area (Å²) in [6.07, 6.45) is 7.05. The quantitative estimate of drug-likeness (QED) is 0.241. The highest BCUT2D eigenvalue weighted by atomic mass is 35.5. The second kappa shape index (κ2) is 12.8. The van der Waals surface area contributed by atoms with Gasteiger partial charge in [-0.1, -0.05) is 97.4 Å². The molecule has 0 fully saturated rings. The standard InChI is InChI=1S/C28H25ClN2O.C2H6/c1-20(31-32)27-11-3-2-9-23(27)10-5-8-21-6-4-7-22(18-21)12-16-26-17-14-24-13-15-25(29)19-28(24)30-26;1-2/h2-4,6-7,9,11-20H,5,8,10H2,1H3;1-2H3/b16-12+;. The van der Waals surface area contributed by atoms with Gasteiger partial charge in [-0.2, -0.15) is 4.91 Å². The van der Waals surface area contributed by atoms with Crippen molar-refractivity contribution in [1.82, 2.24) is 4.98 Å². The maximum Gasteiger partial charge on any atom is 0.114 e. The molecular weight excluding hydrogens is 440 g/mol. The first-order valence-electron chi connectivity index (χ1n) is 11.9. The number of aryl methyl sites for hydroxylation is 2. The molecule has 1 unspecified atom stereocenters. The minimum Gasteiger partial charge on any atom is -0.248 e. The number of fused-ring (bicyclic) bond motifs is 1. The molecule has 1 atom stereocenters. The number of hydrogen-bond acceptors (Lipinski definition) is 3. The van der Waals surface area contributed by atoms with Crippen molar-refractivity contribution in [2.75, 3.05) is 0 Å². The zero-order valence-electron chi connectivity index (χ0n) is 20.0. The van der Waals surface area contributed by atoms with Crippen LogP contribution < -0.4 is 0 Å². The predicted molar refractivity (Wildman–Crippen MR) is 146 cm³/mol. The molecule has 0 radical (unpaired) electrons. The van der Waals surface area contributed by atoms with Crippen molar-refractivity contribution < 1.29 is 0 Å². The summed E-state index contributed by atoms with van der Waals surface area (Å²) in [6.45, 7) is 5.85. The number of pyridine rings is 1. The van der Waals surface area contributed by atoms with E-state index in [9.17, 15) is 4.91 Å². The van der Waals surface area contributed by atoms with Crippen molar-refractivity contribution in [3.63, 3.8) is 0 Å².